The van der Waals surface area contributed by atoms with Gasteiger partial charge in [-0.1, -0.05) is 6.07 Å². The predicted octanol–water partition coefficient (Wildman–Crippen LogP) is 0.189. The predicted molar refractivity (Wildman–Crippen MR) is 105 cm³/mol. The van der Waals surface area contributed by atoms with Crippen LogP contribution >= 0.6 is 0 Å². The summed E-state index contributed by atoms with van der Waals surface area (Å²) in [7, 11) is 0. The molecule has 3 aliphatic rings. The number of benzene rings is 1. The number of nitrogens with one attached hydrogen (secondary N) is 2. The highest BCUT2D eigenvalue weighted by Crippen LogP contribution is 2.42. The molecule has 1 saturated carbocycles. The molecule has 0 aromatic heterocycles. The zero-order valence-electron chi connectivity index (χ0n) is 16.4. The summed E-state index contributed by atoms with van der Waals surface area (Å²) < 4.78 is 0. The number of nitrogens with zero attached hydrogens (tertiary/aromatic N) is 2. The smallest absolute Gasteiger partial charge is 0.325 e. The molecule has 9 nitrogen and oxygen atoms in total. The molecule has 0 radical (unpaired) electrons. The minimum atomic E-state index is -0.896. The van der Waals surface area contributed by atoms with Gasteiger partial charge in [0.25, 0.3) is 5.91 Å². The average Bonchev–Trinajstić information content (AvgIpc) is 3.47. The molecule has 29 heavy (non-hydrogen) atoms. The second-order valence-electron chi connectivity index (χ2n) is 8.26. The molecule has 0 bridgehead atoms. The van der Waals surface area contributed by atoms with E-state index in [1.54, 1.807) is 13.0 Å². The van der Waals surface area contributed by atoms with E-state index in [0.717, 1.165) is 41.8 Å². The lowest BCUT2D eigenvalue weighted by atomic mass is 9.96. The molecule has 1 unspecified atom stereocenters. The van der Waals surface area contributed by atoms with Crippen LogP contribution in [0.25, 0.3) is 0 Å². The SMILES string of the molecule is CC1(C2CC2)NC(=O)N(CC(=O)Nc2ccc3c(c2)CN(CC(N)=O)CC3)C1=O. The minimum absolute atomic E-state index is 0.149. The second kappa shape index (κ2) is 7.14. The van der Waals surface area contributed by atoms with Crippen LogP contribution in [0.3, 0.4) is 0 Å². The molecule has 9 heteroatoms. The number of imide groups is 1. The van der Waals surface area contributed by atoms with E-state index in [2.05, 4.69) is 10.6 Å². The topological polar surface area (TPSA) is 125 Å². The Hall–Kier alpha value is -2.94. The molecular formula is C20H25N5O4. The number of hydrogen-bond donors (Lipinski definition) is 3. The van der Waals surface area contributed by atoms with Crippen molar-refractivity contribution in [1.29, 1.82) is 0 Å². The van der Waals surface area contributed by atoms with E-state index in [9.17, 15) is 19.2 Å². The van der Waals surface area contributed by atoms with Gasteiger partial charge in [0.2, 0.25) is 11.8 Å². The fraction of sp³-hybridized carbons (Fsp3) is 0.500. The molecule has 1 saturated heterocycles. The molecule has 4 rings (SSSR count). The summed E-state index contributed by atoms with van der Waals surface area (Å²) in [5.74, 6) is -0.994. The van der Waals surface area contributed by atoms with Crippen molar-refractivity contribution < 1.29 is 19.2 Å². The number of urea groups is 1. The van der Waals surface area contributed by atoms with Gasteiger partial charge in [-0.3, -0.25) is 24.2 Å². The van der Waals surface area contributed by atoms with Crippen LogP contribution in [-0.2, 0) is 27.3 Å². The van der Waals surface area contributed by atoms with E-state index in [-0.39, 0.29) is 30.8 Å². The number of rotatable bonds is 6. The van der Waals surface area contributed by atoms with Gasteiger partial charge in [0.05, 0.1) is 6.54 Å². The molecule has 4 N–H and O–H groups in total. The lowest BCUT2D eigenvalue weighted by Crippen LogP contribution is -2.46. The van der Waals surface area contributed by atoms with Gasteiger partial charge in [0.15, 0.2) is 0 Å². The van der Waals surface area contributed by atoms with Gasteiger partial charge in [-0.05, 0) is 55.4 Å². The lowest BCUT2D eigenvalue weighted by molar-refractivity contribution is -0.134. The van der Waals surface area contributed by atoms with Crippen LogP contribution < -0.4 is 16.4 Å². The molecule has 1 aliphatic carbocycles. The Kier molecular flexibility index (Phi) is 4.77. The van der Waals surface area contributed by atoms with Gasteiger partial charge < -0.3 is 16.4 Å². The maximum Gasteiger partial charge on any atom is 0.325 e. The van der Waals surface area contributed by atoms with Crippen LogP contribution in [-0.4, -0.2) is 58.7 Å². The summed E-state index contributed by atoms with van der Waals surface area (Å²) in [6, 6.07) is 5.10. The highest BCUT2D eigenvalue weighted by Gasteiger charge is 2.56. The average molecular weight is 399 g/mol. The summed E-state index contributed by atoms with van der Waals surface area (Å²) in [5, 5.41) is 5.50. The van der Waals surface area contributed by atoms with Gasteiger partial charge in [0, 0.05) is 18.8 Å². The highest BCUT2D eigenvalue weighted by molar-refractivity contribution is 6.10. The fourth-order valence-electron chi connectivity index (χ4n) is 4.19. The number of hydrogen-bond acceptors (Lipinski definition) is 5. The van der Waals surface area contributed by atoms with E-state index < -0.39 is 17.5 Å². The van der Waals surface area contributed by atoms with Crippen molar-refractivity contribution in [3.05, 3.63) is 29.3 Å². The third-order valence-corrected chi connectivity index (χ3v) is 5.96. The third-order valence-electron chi connectivity index (χ3n) is 5.96. The lowest BCUT2D eigenvalue weighted by Gasteiger charge is -2.28. The molecule has 0 spiro atoms. The van der Waals surface area contributed by atoms with Gasteiger partial charge in [-0.15, -0.1) is 0 Å². The molecular weight excluding hydrogens is 374 g/mol. The quantitative estimate of drug-likeness (QED) is 0.589. The first-order chi connectivity index (χ1) is 13.8. The van der Waals surface area contributed by atoms with Crippen LogP contribution in [0.4, 0.5) is 10.5 Å². The summed E-state index contributed by atoms with van der Waals surface area (Å²) in [6.07, 6.45) is 2.62. The molecule has 1 atom stereocenters. The normalized spacial score (nSPS) is 24.2. The standard InChI is InChI=1S/C20H25N5O4/c1-20(14-3-4-14)18(28)25(19(29)23-20)11-17(27)22-15-5-2-12-6-7-24(10-16(21)26)9-13(12)8-15/h2,5,8,14H,3-4,6-7,9-11H2,1H3,(H2,21,26)(H,22,27)(H,23,29). The van der Waals surface area contributed by atoms with Gasteiger partial charge in [-0.25, -0.2) is 4.79 Å². The Morgan fingerprint density at radius 3 is 2.69 bits per heavy atom. The van der Waals surface area contributed by atoms with Crippen molar-refractivity contribution in [3.63, 3.8) is 0 Å². The van der Waals surface area contributed by atoms with E-state index in [1.165, 1.54) is 0 Å². The number of nitrogens with two attached hydrogens (primary N) is 1. The molecule has 2 aliphatic heterocycles. The maximum atomic E-state index is 12.6. The largest absolute Gasteiger partial charge is 0.369 e. The zero-order valence-corrected chi connectivity index (χ0v) is 16.4. The van der Waals surface area contributed by atoms with Gasteiger partial charge in [-0.2, -0.15) is 0 Å². The second-order valence-corrected chi connectivity index (χ2v) is 8.26. The first-order valence-corrected chi connectivity index (χ1v) is 9.82. The Morgan fingerprint density at radius 1 is 1.24 bits per heavy atom. The van der Waals surface area contributed by atoms with Crippen molar-refractivity contribution in [3.8, 4) is 0 Å². The Labute approximate surface area is 168 Å². The summed E-state index contributed by atoms with van der Waals surface area (Å²) in [5.41, 5.74) is 7.16. The molecule has 1 aromatic carbocycles. The molecule has 2 fully saturated rings. The summed E-state index contributed by atoms with van der Waals surface area (Å²) in [4.78, 5) is 51.4. The molecule has 2 heterocycles. The Bertz CT molecular complexity index is 897. The van der Waals surface area contributed by atoms with Gasteiger partial charge >= 0.3 is 6.03 Å². The molecule has 5 amide bonds. The number of amides is 5. The number of primary amides is 1. The monoisotopic (exact) mass is 399 g/mol. The van der Waals surface area contributed by atoms with Crippen molar-refractivity contribution >= 4 is 29.4 Å². The van der Waals surface area contributed by atoms with Crippen LogP contribution in [0.2, 0.25) is 0 Å². The number of carbonyl (C=O) groups is 4. The van der Waals surface area contributed by atoms with Crippen LogP contribution in [0.5, 0.6) is 0 Å². The van der Waals surface area contributed by atoms with E-state index in [4.69, 9.17) is 5.73 Å². The van der Waals surface area contributed by atoms with Crippen molar-refractivity contribution in [2.45, 2.75) is 38.3 Å². The van der Waals surface area contributed by atoms with Gasteiger partial charge in [0.1, 0.15) is 12.1 Å². The first-order valence-electron chi connectivity index (χ1n) is 9.82. The number of carbonyl (C=O) groups excluding carboxylic acids is 4. The van der Waals surface area contributed by atoms with Crippen LogP contribution in [0.1, 0.15) is 30.9 Å². The van der Waals surface area contributed by atoms with E-state index in [1.807, 2.05) is 17.0 Å². The maximum absolute atomic E-state index is 12.6. The first kappa shape index (κ1) is 19.4. The number of fused-ring (bicyclic) bond motifs is 1. The summed E-state index contributed by atoms with van der Waals surface area (Å²) in [6.45, 7) is 2.94. The van der Waals surface area contributed by atoms with E-state index >= 15 is 0 Å². The van der Waals surface area contributed by atoms with Crippen molar-refractivity contribution in [2.24, 2.45) is 11.7 Å². The highest BCUT2D eigenvalue weighted by atomic mass is 16.2. The Balaban J connectivity index is 1.40. The molecule has 1 aromatic rings. The summed E-state index contributed by atoms with van der Waals surface area (Å²) >= 11 is 0. The fourth-order valence-corrected chi connectivity index (χ4v) is 4.19. The van der Waals surface area contributed by atoms with Crippen molar-refractivity contribution in [1.82, 2.24) is 15.1 Å². The van der Waals surface area contributed by atoms with E-state index in [0.29, 0.717) is 12.2 Å². The van der Waals surface area contributed by atoms with Crippen molar-refractivity contribution in [2.75, 3.05) is 25.0 Å². The minimum Gasteiger partial charge on any atom is -0.369 e. The Morgan fingerprint density at radius 2 is 2.00 bits per heavy atom. The van der Waals surface area contributed by atoms with Crippen LogP contribution in [0.15, 0.2) is 18.2 Å². The zero-order chi connectivity index (χ0) is 20.8. The third kappa shape index (κ3) is 3.82. The van der Waals surface area contributed by atoms with Crippen LogP contribution in [0, 0.1) is 5.92 Å². The number of anilines is 1. The molecule has 154 valence electrons.